The monoisotopic (exact) mass is 493 g/mol. The van der Waals surface area contributed by atoms with E-state index >= 15 is 0 Å². The Hall–Kier alpha value is -1.61. The molecule has 1 aromatic heterocycles. The zero-order valence-electron chi connectivity index (χ0n) is 21.1. The molecule has 1 unspecified atom stereocenters. The van der Waals surface area contributed by atoms with Gasteiger partial charge in [-0.25, -0.2) is 4.98 Å². The summed E-state index contributed by atoms with van der Waals surface area (Å²) in [5, 5.41) is 24.5. The molecular formula is C26H39NO6S. The Morgan fingerprint density at radius 2 is 1.91 bits per heavy atom. The second-order valence-corrected chi connectivity index (χ2v) is 11.7. The number of aliphatic hydroxyl groups excluding tert-OH is 2. The molecule has 2 fully saturated rings. The number of ketones is 1. The summed E-state index contributed by atoms with van der Waals surface area (Å²) in [6, 6.07) is 0. The fourth-order valence-electron chi connectivity index (χ4n) is 4.78. The molecule has 0 radical (unpaired) electrons. The van der Waals surface area contributed by atoms with E-state index in [1.165, 1.54) is 0 Å². The number of epoxide rings is 1. The molecule has 8 heteroatoms. The Kier molecular flexibility index (Phi) is 8.71. The quantitative estimate of drug-likeness (QED) is 0.472. The molecule has 190 valence electrons. The van der Waals surface area contributed by atoms with Crippen molar-refractivity contribution in [2.45, 2.75) is 104 Å². The van der Waals surface area contributed by atoms with Crippen LogP contribution in [0.25, 0.3) is 6.08 Å². The van der Waals surface area contributed by atoms with Crippen LogP contribution in [0.1, 0.15) is 77.4 Å². The highest BCUT2D eigenvalue weighted by atomic mass is 32.1. The first-order chi connectivity index (χ1) is 15.9. The van der Waals surface area contributed by atoms with E-state index in [4.69, 9.17) is 9.47 Å². The fraction of sp³-hybridized carbons (Fsp3) is 0.731. The minimum Gasteiger partial charge on any atom is -0.458 e. The van der Waals surface area contributed by atoms with Gasteiger partial charge in [0.1, 0.15) is 11.9 Å². The van der Waals surface area contributed by atoms with Crippen LogP contribution >= 0.6 is 11.3 Å². The van der Waals surface area contributed by atoms with Gasteiger partial charge < -0.3 is 19.7 Å². The first-order valence-corrected chi connectivity index (χ1v) is 13.1. The van der Waals surface area contributed by atoms with Crippen LogP contribution in [-0.4, -0.2) is 57.5 Å². The van der Waals surface area contributed by atoms with Gasteiger partial charge in [0.2, 0.25) is 0 Å². The second kappa shape index (κ2) is 11.0. The Balaban J connectivity index is 1.81. The number of rotatable bonds is 2. The van der Waals surface area contributed by atoms with Gasteiger partial charge in [-0.1, -0.05) is 34.1 Å². The number of hydrogen-bond acceptors (Lipinski definition) is 8. The molecule has 3 heterocycles. The minimum absolute atomic E-state index is 0.00770. The van der Waals surface area contributed by atoms with E-state index in [-0.39, 0.29) is 30.3 Å². The van der Waals surface area contributed by atoms with Crippen molar-refractivity contribution in [2.75, 3.05) is 0 Å². The molecule has 1 aromatic rings. The van der Waals surface area contributed by atoms with Crippen LogP contribution in [0.15, 0.2) is 11.0 Å². The third-order valence-electron chi connectivity index (χ3n) is 7.41. The van der Waals surface area contributed by atoms with Crippen LogP contribution in [0.5, 0.6) is 0 Å². The van der Waals surface area contributed by atoms with E-state index in [0.29, 0.717) is 6.42 Å². The van der Waals surface area contributed by atoms with Gasteiger partial charge in [-0.05, 0) is 44.3 Å². The van der Waals surface area contributed by atoms with Crippen LogP contribution in [0.2, 0.25) is 0 Å². The summed E-state index contributed by atoms with van der Waals surface area (Å²) in [6.45, 7) is 10.8. The van der Waals surface area contributed by atoms with Gasteiger partial charge >= 0.3 is 5.97 Å². The third kappa shape index (κ3) is 6.53. The van der Waals surface area contributed by atoms with Crippen molar-refractivity contribution < 1.29 is 29.3 Å². The molecule has 0 aliphatic carbocycles. The summed E-state index contributed by atoms with van der Waals surface area (Å²) >= 11 is 1.56. The van der Waals surface area contributed by atoms with Gasteiger partial charge in [0, 0.05) is 17.7 Å². The third-order valence-corrected chi connectivity index (χ3v) is 8.20. The number of carbonyl (C=O) groups excluding carboxylic acids is 2. The summed E-state index contributed by atoms with van der Waals surface area (Å²) in [5.41, 5.74) is 0.494. The summed E-state index contributed by atoms with van der Waals surface area (Å²) < 4.78 is 11.7. The van der Waals surface area contributed by atoms with Crippen LogP contribution in [0, 0.1) is 24.2 Å². The van der Waals surface area contributed by atoms with Crippen molar-refractivity contribution in [2.24, 2.45) is 17.3 Å². The molecule has 2 aliphatic rings. The maximum atomic E-state index is 13.2. The predicted molar refractivity (Wildman–Crippen MR) is 131 cm³/mol. The lowest BCUT2D eigenvalue weighted by molar-refractivity contribution is -0.154. The first-order valence-electron chi connectivity index (χ1n) is 12.3. The van der Waals surface area contributed by atoms with Gasteiger partial charge in [-0.2, -0.15) is 0 Å². The molecule has 3 rings (SSSR count). The summed E-state index contributed by atoms with van der Waals surface area (Å²) in [6.07, 6.45) is 2.28. The van der Waals surface area contributed by atoms with Gasteiger partial charge in [0.05, 0.1) is 47.0 Å². The van der Waals surface area contributed by atoms with Gasteiger partial charge in [-0.15, -0.1) is 11.3 Å². The van der Waals surface area contributed by atoms with Gasteiger partial charge in [0.25, 0.3) is 0 Å². The lowest BCUT2D eigenvalue weighted by Gasteiger charge is -2.34. The van der Waals surface area contributed by atoms with Crippen LogP contribution < -0.4 is 0 Å². The highest BCUT2D eigenvalue weighted by Crippen LogP contribution is 2.36. The van der Waals surface area contributed by atoms with Crippen LogP contribution in [0.3, 0.4) is 0 Å². The molecule has 34 heavy (non-hydrogen) atoms. The van der Waals surface area contributed by atoms with E-state index in [1.807, 2.05) is 32.2 Å². The molecule has 7 nitrogen and oxygen atoms in total. The van der Waals surface area contributed by atoms with Crippen molar-refractivity contribution in [3.05, 3.63) is 21.7 Å². The first kappa shape index (κ1) is 27.0. The molecule has 0 spiro atoms. The zero-order chi connectivity index (χ0) is 25.2. The number of carbonyl (C=O) groups is 2. The van der Waals surface area contributed by atoms with E-state index in [9.17, 15) is 19.8 Å². The molecule has 2 N–H and O–H groups in total. The smallest absolute Gasteiger partial charge is 0.309 e. The molecule has 0 amide bonds. The highest BCUT2D eigenvalue weighted by Gasteiger charge is 2.44. The van der Waals surface area contributed by atoms with Gasteiger partial charge in [-0.3, -0.25) is 9.59 Å². The number of cyclic esters (lactones) is 1. The average molecular weight is 494 g/mol. The Morgan fingerprint density at radius 1 is 1.21 bits per heavy atom. The van der Waals surface area contributed by atoms with Crippen LogP contribution in [-0.2, 0) is 19.1 Å². The largest absolute Gasteiger partial charge is 0.458 e. The predicted octanol–water partition coefficient (Wildman–Crippen LogP) is 4.09. The molecular weight excluding hydrogens is 454 g/mol. The Labute approximate surface area is 206 Å². The van der Waals surface area contributed by atoms with Crippen LogP contribution in [0.4, 0.5) is 0 Å². The van der Waals surface area contributed by atoms with E-state index in [1.54, 1.807) is 32.1 Å². The van der Waals surface area contributed by atoms with Crippen molar-refractivity contribution >= 4 is 29.2 Å². The summed E-state index contributed by atoms with van der Waals surface area (Å²) in [7, 11) is 0. The number of hydrogen-bond donors (Lipinski definition) is 2. The number of esters is 1. The summed E-state index contributed by atoms with van der Waals surface area (Å²) in [5.74, 6) is -1.52. The Morgan fingerprint density at radius 3 is 2.56 bits per heavy atom. The van der Waals surface area contributed by atoms with Crippen molar-refractivity contribution in [3.8, 4) is 0 Å². The number of aromatic nitrogens is 1. The van der Waals surface area contributed by atoms with E-state index < -0.39 is 35.6 Å². The molecule has 2 aliphatic heterocycles. The maximum absolute atomic E-state index is 13.2. The lowest BCUT2D eigenvalue weighted by atomic mass is 9.73. The lowest BCUT2D eigenvalue weighted by Crippen LogP contribution is -2.45. The van der Waals surface area contributed by atoms with Crippen molar-refractivity contribution in [1.29, 1.82) is 0 Å². The number of fused-ring (bicyclic) bond motifs is 1. The minimum atomic E-state index is -1.22. The van der Waals surface area contributed by atoms with E-state index in [2.05, 4.69) is 4.98 Å². The molecule has 0 bridgehead atoms. The summed E-state index contributed by atoms with van der Waals surface area (Å²) in [4.78, 5) is 30.5. The fourth-order valence-corrected chi connectivity index (χ4v) is 5.35. The molecule has 7 atom stereocenters. The maximum Gasteiger partial charge on any atom is 0.309 e. The topological polar surface area (TPSA) is 109 Å². The number of Topliss-reactive ketones (excluding diaryl/α,β-unsaturated/α-hetero) is 1. The van der Waals surface area contributed by atoms with Gasteiger partial charge in [0.15, 0.2) is 0 Å². The number of thiazole rings is 1. The SMILES string of the molecule is C/C(=C\c1csc(C)n1)C1C[C@H]2O[C@H]2CCC[C@@H](C)[C@@H](O)[C@H](C)C(=O)C(C)(C)[C@H](O)CC(=O)O1. The highest BCUT2D eigenvalue weighted by molar-refractivity contribution is 7.09. The zero-order valence-corrected chi connectivity index (χ0v) is 21.9. The molecule has 2 saturated heterocycles. The standard InChI is InChI=1S/C26H39NO6S/c1-14-8-7-9-19-21(32-19)11-20(15(2)10-18-13-34-17(4)27-18)33-23(29)12-22(28)26(5,6)25(31)16(3)24(14)30/h10,13-14,16,19-22,24,28,30H,7-9,11-12H2,1-6H3/b15-10+/t14-,16+,19+,20?,21-,22-,24-/m1/s1. The normalized spacial score (nSPS) is 36.0. The Bertz CT molecular complexity index is 909. The number of aliphatic hydroxyl groups is 2. The average Bonchev–Trinajstić information content (AvgIpc) is 3.38. The van der Waals surface area contributed by atoms with Crippen molar-refractivity contribution in [3.63, 3.8) is 0 Å². The van der Waals surface area contributed by atoms with E-state index in [0.717, 1.165) is 35.5 Å². The second-order valence-electron chi connectivity index (χ2n) is 10.6. The molecule has 0 aromatic carbocycles. The number of nitrogens with zero attached hydrogens (tertiary/aromatic N) is 1. The number of ether oxygens (including phenoxy) is 2. The van der Waals surface area contributed by atoms with Crippen molar-refractivity contribution in [1.82, 2.24) is 4.98 Å². The molecule has 0 saturated carbocycles. The number of aryl methyl sites for hydroxylation is 1.